The lowest BCUT2D eigenvalue weighted by Crippen LogP contribution is -2.22. The van der Waals surface area contributed by atoms with E-state index in [-0.39, 0.29) is 15.4 Å². The SMILES string of the molecule is O=C([O-])c1ccc(S(=O)(=O)c2ccccc2)cc1. The average molecular weight is 261 g/mol. The number of carboxylic acids is 1. The Morgan fingerprint density at radius 1 is 0.833 bits per heavy atom. The van der Waals surface area contributed by atoms with E-state index in [0.717, 1.165) is 0 Å². The maximum Gasteiger partial charge on any atom is 0.206 e. The third kappa shape index (κ3) is 2.26. The van der Waals surface area contributed by atoms with Gasteiger partial charge in [-0.25, -0.2) is 8.42 Å². The maximum atomic E-state index is 12.2. The van der Waals surface area contributed by atoms with Crippen LogP contribution in [0.5, 0.6) is 0 Å². The van der Waals surface area contributed by atoms with Gasteiger partial charge < -0.3 is 9.90 Å². The van der Waals surface area contributed by atoms with E-state index in [9.17, 15) is 18.3 Å². The van der Waals surface area contributed by atoms with Crippen LogP contribution in [0, 0.1) is 0 Å². The van der Waals surface area contributed by atoms with Gasteiger partial charge in [-0.2, -0.15) is 0 Å². The van der Waals surface area contributed by atoms with Crippen LogP contribution in [-0.4, -0.2) is 14.4 Å². The number of rotatable bonds is 3. The van der Waals surface area contributed by atoms with Crippen molar-refractivity contribution in [3.63, 3.8) is 0 Å². The zero-order valence-electron chi connectivity index (χ0n) is 9.24. The molecule has 4 nitrogen and oxygen atoms in total. The van der Waals surface area contributed by atoms with Crippen LogP contribution in [0.15, 0.2) is 64.4 Å². The van der Waals surface area contributed by atoms with Gasteiger partial charge in [0.2, 0.25) is 9.84 Å². The van der Waals surface area contributed by atoms with E-state index < -0.39 is 15.8 Å². The Morgan fingerprint density at radius 3 is 1.83 bits per heavy atom. The van der Waals surface area contributed by atoms with Crippen molar-refractivity contribution in [1.82, 2.24) is 0 Å². The van der Waals surface area contributed by atoms with Crippen molar-refractivity contribution >= 4 is 15.8 Å². The molecule has 0 aliphatic carbocycles. The first-order valence-corrected chi connectivity index (χ1v) is 6.62. The molecule has 0 fully saturated rings. The van der Waals surface area contributed by atoms with Gasteiger partial charge in [0.1, 0.15) is 0 Å². The monoisotopic (exact) mass is 261 g/mol. The van der Waals surface area contributed by atoms with Crippen LogP contribution in [-0.2, 0) is 9.84 Å². The molecule has 0 aliphatic heterocycles. The van der Waals surface area contributed by atoms with E-state index in [1.165, 1.54) is 36.4 Å². The zero-order chi connectivity index (χ0) is 13.2. The molecule has 0 amide bonds. The van der Waals surface area contributed by atoms with Crippen molar-refractivity contribution in [3.8, 4) is 0 Å². The summed E-state index contributed by atoms with van der Waals surface area (Å²) in [5.74, 6) is -1.33. The highest BCUT2D eigenvalue weighted by Gasteiger charge is 2.16. The van der Waals surface area contributed by atoms with Gasteiger partial charge in [0, 0.05) is 0 Å². The van der Waals surface area contributed by atoms with Gasteiger partial charge in [-0.3, -0.25) is 0 Å². The average Bonchev–Trinajstić information content (AvgIpc) is 2.40. The molecule has 0 aliphatic rings. The second-order valence-electron chi connectivity index (χ2n) is 3.63. The third-order valence-electron chi connectivity index (χ3n) is 2.45. The first-order chi connectivity index (χ1) is 8.51. The molecule has 0 aromatic heterocycles. The molecule has 0 radical (unpaired) electrons. The summed E-state index contributed by atoms with van der Waals surface area (Å²) in [6.45, 7) is 0. The van der Waals surface area contributed by atoms with E-state index >= 15 is 0 Å². The molecule has 0 N–H and O–H groups in total. The number of sulfone groups is 1. The number of carbonyl (C=O) groups excluding carboxylic acids is 1. The van der Waals surface area contributed by atoms with Gasteiger partial charge in [0.05, 0.1) is 15.8 Å². The van der Waals surface area contributed by atoms with Crippen molar-refractivity contribution < 1.29 is 18.3 Å². The fourth-order valence-corrected chi connectivity index (χ4v) is 2.79. The number of carbonyl (C=O) groups is 1. The summed E-state index contributed by atoms with van der Waals surface area (Å²) in [5.41, 5.74) is -0.0537. The van der Waals surface area contributed by atoms with Crippen LogP contribution < -0.4 is 5.11 Å². The summed E-state index contributed by atoms with van der Waals surface area (Å²) < 4.78 is 24.3. The Labute approximate surface area is 104 Å². The Balaban J connectivity index is 2.46. The van der Waals surface area contributed by atoms with Crippen LogP contribution in [0.3, 0.4) is 0 Å². The minimum absolute atomic E-state index is 0.0537. The zero-order valence-corrected chi connectivity index (χ0v) is 10.1. The topological polar surface area (TPSA) is 74.3 Å². The predicted octanol–water partition coefficient (Wildman–Crippen LogP) is 0.883. The highest BCUT2D eigenvalue weighted by molar-refractivity contribution is 7.91. The molecule has 0 unspecified atom stereocenters. The molecule has 0 heterocycles. The summed E-state index contributed by atoms with van der Waals surface area (Å²) >= 11 is 0. The smallest absolute Gasteiger partial charge is 0.206 e. The Morgan fingerprint density at radius 2 is 1.33 bits per heavy atom. The second-order valence-corrected chi connectivity index (χ2v) is 5.58. The third-order valence-corrected chi connectivity index (χ3v) is 4.24. The largest absolute Gasteiger partial charge is 0.545 e. The van der Waals surface area contributed by atoms with Crippen molar-refractivity contribution in [1.29, 1.82) is 0 Å². The Hall–Kier alpha value is -2.14. The first kappa shape index (κ1) is 12.3. The number of aromatic carboxylic acids is 1. The molecule has 0 saturated carbocycles. The van der Waals surface area contributed by atoms with Crippen LogP contribution >= 0.6 is 0 Å². The molecule has 0 spiro atoms. The Bertz CT molecular complexity index is 658. The lowest BCUT2D eigenvalue weighted by Gasteiger charge is -2.06. The molecule has 2 rings (SSSR count). The molecular formula is C13H9O4S-. The highest BCUT2D eigenvalue weighted by atomic mass is 32.2. The van der Waals surface area contributed by atoms with E-state index in [1.54, 1.807) is 18.2 Å². The molecule has 92 valence electrons. The lowest BCUT2D eigenvalue weighted by atomic mass is 10.2. The predicted molar refractivity (Wildman–Crippen MR) is 62.7 cm³/mol. The first-order valence-electron chi connectivity index (χ1n) is 5.13. The van der Waals surface area contributed by atoms with Crippen molar-refractivity contribution in [3.05, 3.63) is 60.2 Å². The summed E-state index contributed by atoms with van der Waals surface area (Å²) in [6, 6.07) is 12.9. The van der Waals surface area contributed by atoms with Gasteiger partial charge in [-0.05, 0) is 29.8 Å². The van der Waals surface area contributed by atoms with E-state index in [0.29, 0.717) is 0 Å². The highest BCUT2D eigenvalue weighted by Crippen LogP contribution is 2.20. The normalized spacial score (nSPS) is 11.1. The number of benzene rings is 2. The molecule has 2 aromatic rings. The Kier molecular flexibility index (Phi) is 3.16. The quantitative estimate of drug-likeness (QED) is 0.822. The summed E-state index contributed by atoms with van der Waals surface area (Å²) in [6.07, 6.45) is 0. The van der Waals surface area contributed by atoms with E-state index in [2.05, 4.69) is 0 Å². The van der Waals surface area contributed by atoms with Crippen LogP contribution in [0.2, 0.25) is 0 Å². The van der Waals surface area contributed by atoms with Crippen LogP contribution in [0.25, 0.3) is 0 Å². The summed E-state index contributed by atoms with van der Waals surface area (Å²) in [7, 11) is -3.59. The standard InChI is InChI=1S/C13H10O4S/c14-13(15)10-6-8-12(9-7-10)18(16,17)11-4-2-1-3-5-11/h1-9H,(H,14,15)/p-1. The van der Waals surface area contributed by atoms with Gasteiger partial charge in [-0.1, -0.05) is 30.3 Å². The molecule has 5 heteroatoms. The van der Waals surface area contributed by atoms with Gasteiger partial charge in [0.25, 0.3) is 0 Å². The minimum Gasteiger partial charge on any atom is -0.545 e. The van der Waals surface area contributed by atoms with Gasteiger partial charge in [0.15, 0.2) is 0 Å². The minimum atomic E-state index is -3.59. The summed E-state index contributed by atoms with van der Waals surface area (Å²) in [5, 5.41) is 10.6. The maximum absolute atomic E-state index is 12.2. The number of hydrogen-bond donors (Lipinski definition) is 0. The number of carboxylic acid groups (broad SMARTS) is 1. The number of hydrogen-bond acceptors (Lipinski definition) is 4. The molecule has 0 bridgehead atoms. The molecule has 0 saturated heterocycles. The van der Waals surface area contributed by atoms with Gasteiger partial charge >= 0.3 is 0 Å². The fourth-order valence-electron chi connectivity index (χ4n) is 1.51. The molecule has 18 heavy (non-hydrogen) atoms. The van der Waals surface area contributed by atoms with E-state index in [4.69, 9.17) is 0 Å². The van der Waals surface area contributed by atoms with Crippen molar-refractivity contribution in [2.45, 2.75) is 9.79 Å². The van der Waals surface area contributed by atoms with Gasteiger partial charge in [-0.15, -0.1) is 0 Å². The lowest BCUT2D eigenvalue weighted by molar-refractivity contribution is -0.255. The molecular weight excluding hydrogens is 252 g/mol. The second kappa shape index (κ2) is 4.62. The van der Waals surface area contributed by atoms with E-state index in [1.807, 2.05) is 0 Å². The van der Waals surface area contributed by atoms with Crippen molar-refractivity contribution in [2.24, 2.45) is 0 Å². The van der Waals surface area contributed by atoms with Crippen LogP contribution in [0.4, 0.5) is 0 Å². The molecule has 2 aromatic carbocycles. The molecule has 0 atom stereocenters. The fraction of sp³-hybridized carbons (Fsp3) is 0. The van der Waals surface area contributed by atoms with Crippen molar-refractivity contribution in [2.75, 3.05) is 0 Å². The summed E-state index contributed by atoms with van der Waals surface area (Å²) in [4.78, 5) is 10.8. The van der Waals surface area contributed by atoms with Crippen LogP contribution in [0.1, 0.15) is 10.4 Å².